The van der Waals surface area contributed by atoms with Crippen molar-refractivity contribution in [2.24, 2.45) is 5.92 Å². The second-order valence-corrected chi connectivity index (χ2v) is 13.0. The van der Waals surface area contributed by atoms with Gasteiger partial charge in [-0.05, 0) is 35.9 Å². The van der Waals surface area contributed by atoms with E-state index in [-0.39, 0.29) is 5.22 Å². The molecule has 3 saturated carbocycles. The summed E-state index contributed by atoms with van der Waals surface area (Å²) in [5.74, 6) is 0.646. The van der Waals surface area contributed by atoms with Gasteiger partial charge in [0.25, 0.3) is 0 Å². The lowest BCUT2D eigenvalue weighted by atomic mass is 10.1. The Kier molecular flexibility index (Phi) is 2.76. The Labute approximate surface area is 107 Å². The second kappa shape index (κ2) is 3.83. The largest absolute Gasteiger partial charge is 0.394 e. The van der Waals surface area contributed by atoms with Gasteiger partial charge in [0.05, 0.1) is 13.3 Å². The summed E-state index contributed by atoms with van der Waals surface area (Å²) in [4.78, 5) is 0. The maximum Gasteiger partial charge on any atom is 0.0999 e. The van der Waals surface area contributed by atoms with E-state index >= 15 is 0 Å². The fourth-order valence-corrected chi connectivity index (χ4v) is 13.7. The van der Waals surface area contributed by atoms with Crippen molar-refractivity contribution in [2.75, 3.05) is 0 Å². The zero-order valence-corrected chi connectivity index (χ0v) is 12.7. The Morgan fingerprint density at radius 3 is 1.59 bits per heavy atom. The van der Waals surface area contributed by atoms with E-state index in [4.69, 9.17) is 0 Å². The smallest absolute Gasteiger partial charge is 0.0999 e. The number of rotatable bonds is 6. The molecule has 0 saturated heterocycles. The SMILES string of the molecule is CC(C)CC(C)(O)[Si](C1CC1)(C1CC1)C1CC1. The molecule has 0 spiro atoms. The summed E-state index contributed by atoms with van der Waals surface area (Å²) in [7, 11) is -1.43. The molecule has 0 amide bonds. The van der Waals surface area contributed by atoms with Crippen LogP contribution in [0.5, 0.6) is 0 Å². The Bertz CT molecular complexity index is 267. The Morgan fingerprint density at radius 2 is 1.35 bits per heavy atom. The third kappa shape index (κ3) is 1.92. The predicted octanol–water partition coefficient (Wildman–Crippen LogP) is 4.26. The van der Waals surface area contributed by atoms with Crippen molar-refractivity contribution in [3.05, 3.63) is 0 Å². The highest BCUT2D eigenvalue weighted by molar-refractivity contribution is 6.88. The van der Waals surface area contributed by atoms with Gasteiger partial charge in [-0.15, -0.1) is 0 Å². The van der Waals surface area contributed by atoms with Crippen molar-refractivity contribution in [3.8, 4) is 0 Å². The van der Waals surface area contributed by atoms with Gasteiger partial charge in [0, 0.05) is 0 Å². The van der Waals surface area contributed by atoms with Gasteiger partial charge >= 0.3 is 0 Å². The molecule has 17 heavy (non-hydrogen) atoms. The average Bonchev–Trinajstić information content (AvgIpc) is 3.07. The minimum absolute atomic E-state index is 0.273. The summed E-state index contributed by atoms with van der Waals surface area (Å²) < 4.78 is 0. The molecule has 1 unspecified atom stereocenters. The summed E-state index contributed by atoms with van der Waals surface area (Å²) in [5, 5.41) is 11.0. The van der Waals surface area contributed by atoms with E-state index in [9.17, 15) is 5.11 Å². The van der Waals surface area contributed by atoms with E-state index < -0.39 is 8.07 Å². The number of hydrogen-bond donors (Lipinski definition) is 1. The quantitative estimate of drug-likeness (QED) is 0.700. The van der Waals surface area contributed by atoms with Crippen LogP contribution < -0.4 is 0 Å². The van der Waals surface area contributed by atoms with Gasteiger partial charge in [-0.3, -0.25) is 0 Å². The summed E-state index contributed by atoms with van der Waals surface area (Å²) in [6.07, 6.45) is 9.77. The van der Waals surface area contributed by atoms with Crippen molar-refractivity contribution in [3.63, 3.8) is 0 Å². The monoisotopic (exact) mass is 252 g/mol. The highest BCUT2D eigenvalue weighted by atomic mass is 28.3. The van der Waals surface area contributed by atoms with Crippen LogP contribution in [0, 0.1) is 5.92 Å². The van der Waals surface area contributed by atoms with Crippen LogP contribution in [-0.4, -0.2) is 18.4 Å². The van der Waals surface area contributed by atoms with Gasteiger partial charge in [0.2, 0.25) is 0 Å². The minimum atomic E-state index is -1.43. The maximum absolute atomic E-state index is 11.3. The predicted molar refractivity (Wildman–Crippen MR) is 74.8 cm³/mol. The first-order valence-electron chi connectivity index (χ1n) is 7.71. The molecule has 0 aromatic heterocycles. The molecular formula is C15H28OSi. The normalized spacial score (nSPS) is 29.5. The standard InChI is InChI=1S/C15H28OSi/c1-11(2)10-15(3,16)17(12-4-5-12,13-6-7-13)14-8-9-14/h11-14,16H,4-10H2,1-3H3. The van der Waals surface area contributed by atoms with E-state index in [0.717, 1.165) is 23.0 Å². The van der Waals surface area contributed by atoms with Crippen LogP contribution in [0.15, 0.2) is 0 Å². The lowest BCUT2D eigenvalue weighted by Gasteiger charge is -2.46. The lowest BCUT2D eigenvalue weighted by molar-refractivity contribution is 0.106. The Balaban J connectivity index is 1.91. The third-order valence-corrected chi connectivity index (χ3v) is 13.4. The summed E-state index contributed by atoms with van der Waals surface area (Å²) in [5.41, 5.74) is 2.99. The van der Waals surface area contributed by atoms with Crippen LogP contribution in [0.2, 0.25) is 16.6 Å². The molecule has 3 fully saturated rings. The maximum atomic E-state index is 11.3. The van der Waals surface area contributed by atoms with Gasteiger partial charge in [-0.2, -0.15) is 0 Å². The average molecular weight is 252 g/mol. The first-order chi connectivity index (χ1) is 7.98. The fraction of sp³-hybridized carbons (Fsp3) is 1.00. The van der Waals surface area contributed by atoms with Crippen LogP contribution in [0.3, 0.4) is 0 Å². The van der Waals surface area contributed by atoms with Gasteiger partial charge < -0.3 is 5.11 Å². The molecule has 1 atom stereocenters. The summed E-state index contributed by atoms with van der Waals surface area (Å²) in [6, 6.07) is 0. The third-order valence-electron chi connectivity index (χ3n) is 5.50. The van der Waals surface area contributed by atoms with Crippen molar-refractivity contribution < 1.29 is 5.11 Å². The van der Waals surface area contributed by atoms with E-state index in [1.165, 1.54) is 38.5 Å². The molecule has 3 aliphatic rings. The molecule has 0 radical (unpaired) electrons. The van der Waals surface area contributed by atoms with Crippen molar-refractivity contribution in [2.45, 2.75) is 87.6 Å². The van der Waals surface area contributed by atoms with E-state index in [1.807, 2.05) is 0 Å². The van der Waals surface area contributed by atoms with Crippen LogP contribution >= 0.6 is 0 Å². The topological polar surface area (TPSA) is 20.2 Å². The van der Waals surface area contributed by atoms with Crippen molar-refractivity contribution in [1.82, 2.24) is 0 Å². The zero-order chi connectivity index (χ0) is 12.3. The van der Waals surface area contributed by atoms with Crippen molar-refractivity contribution in [1.29, 1.82) is 0 Å². The van der Waals surface area contributed by atoms with Crippen LogP contribution in [0.1, 0.15) is 65.7 Å². The van der Waals surface area contributed by atoms with E-state index in [1.54, 1.807) is 0 Å². The molecule has 0 aliphatic heterocycles. The minimum Gasteiger partial charge on any atom is -0.394 e. The zero-order valence-electron chi connectivity index (χ0n) is 11.7. The van der Waals surface area contributed by atoms with Gasteiger partial charge in [-0.25, -0.2) is 0 Å². The Hall–Kier alpha value is 0.177. The molecule has 1 nitrogen and oxygen atoms in total. The second-order valence-electron chi connectivity index (χ2n) is 7.63. The summed E-state index contributed by atoms with van der Waals surface area (Å²) in [6.45, 7) is 6.79. The fourth-order valence-electron chi connectivity index (χ4n) is 4.97. The highest BCUT2D eigenvalue weighted by Gasteiger charge is 2.69. The van der Waals surface area contributed by atoms with E-state index in [2.05, 4.69) is 20.8 Å². The highest BCUT2D eigenvalue weighted by Crippen LogP contribution is 2.71. The number of aliphatic hydroxyl groups is 1. The van der Waals surface area contributed by atoms with Crippen molar-refractivity contribution >= 4 is 8.07 Å². The molecule has 0 heterocycles. The molecule has 1 N–H and O–H groups in total. The molecule has 0 bridgehead atoms. The van der Waals surface area contributed by atoms with Crippen LogP contribution in [0.25, 0.3) is 0 Å². The molecule has 0 aromatic rings. The van der Waals surface area contributed by atoms with Gasteiger partial charge in [-0.1, -0.05) is 52.4 Å². The van der Waals surface area contributed by atoms with Crippen LogP contribution in [0.4, 0.5) is 0 Å². The molecule has 3 aliphatic carbocycles. The molecule has 2 heteroatoms. The first-order valence-corrected chi connectivity index (χ1v) is 9.94. The molecule has 3 rings (SSSR count). The molecule has 0 aromatic carbocycles. The Morgan fingerprint density at radius 1 is 1.00 bits per heavy atom. The lowest BCUT2D eigenvalue weighted by Crippen LogP contribution is -2.59. The summed E-state index contributed by atoms with van der Waals surface area (Å²) >= 11 is 0. The molecule has 98 valence electrons. The van der Waals surface area contributed by atoms with Crippen LogP contribution in [-0.2, 0) is 0 Å². The van der Waals surface area contributed by atoms with Gasteiger partial charge in [0.15, 0.2) is 0 Å². The van der Waals surface area contributed by atoms with E-state index in [0.29, 0.717) is 5.92 Å². The number of hydrogen-bond acceptors (Lipinski definition) is 1. The molecular weight excluding hydrogens is 224 g/mol. The van der Waals surface area contributed by atoms with Gasteiger partial charge in [0.1, 0.15) is 0 Å². The first kappa shape index (κ1) is 12.2.